The summed E-state index contributed by atoms with van der Waals surface area (Å²) < 4.78 is 5.36. The Hall–Kier alpha value is -1.92. The van der Waals surface area contributed by atoms with E-state index in [0.717, 1.165) is 37.8 Å². The van der Waals surface area contributed by atoms with Crippen LogP contribution in [0.4, 0.5) is 11.4 Å². The van der Waals surface area contributed by atoms with E-state index < -0.39 is 0 Å². The van der Waals surface area contributed by atoms with E-state index in [2.05, 4.69) is 10.6 Å². The van der Waals surface area contributed by atoms with Gasteiger partial charge in [-0.15, -0.1) is 0 Å². The monoisotopic (exact) mass is 331 g/mol. The van der Waals surface area contributed by atoms with Gasteiger partial charge in [0.25, 0.3) is 5.91 Å². The van der Waals surface area contributed by atoms with E-state index in [1.807, 2.05) is 0 Å². The first-order chi connectivity index (χ1) is 11.6. The second-order valence-corrected chi connectivity index (χ2v) is 6.68. The van der Waals surface area contributed by atoms with Crippen LogP contribution >= 0.6 is 0 Å². The summed E-state index contributed by atoms with van der Waals surface area (Å²) in [5, 5.41) is 5.73. The summed E-state index contributed by atoms with van der Waals surface area (Å²) in [4.78, 5) is 24.1. The van der Waals surface area contributed by atoms with Crippen LogP contribution in [0.3, 0.4) is 0 Å². The van der Waals surface area contributed by atoms with E-state index in [9.17, 15) is 9.59 Å². The van der Waals surface area contributed by atoms with E-state index >= 15 is 0 Å². The number of hydrogen-bond donors (Lipinski definition) is 3. The first-order valence-corrected chi connectivity index (χ1v) is 8.70. The molecule has 0 aromatic heterocycles. The second kappa shape index (κ2) is 7.77. The van der Waals surface area contributed by atoms with Crippen molar-refractivity contribution in [1.29, 1.82) is 0 Å². The molecule has 6 heteroatoms. The number of rotatable bonds is 5. The maximum atomic E-state index is 12.1. The van der Waals surface area contributed by atoms with Gasteiger partial charge in [-0.25, -0.2) is 0 Å². The molecule has 2 fully saturated rings. The van der Waals surface area contributed by atoms with Crippen molar-refractivity contribution in [2.45, 2.75) is 50.7 Å². The molecule has 6 nitrogen and oxygen atoms in total. The van der Waals surface area contributed by atoms with Gasteiger partial charge in [0.15, 0.2) is 0 Å². The molecular formula is C18H25N3O3. The molecule has 1 aromatic carbocycles. The smallest absolute Gasteiger partial charge is 0.253 e. The van der Waals surface area contributed by atoms with E-state index in [1.165, 1.54) is 0 Å². The Bertz CT molecular complexity index is 582. The van der Waals surface area contributed by atoms with E-state index in [-0.39, 0.29) is 29.9 Å². The Morgan fingerprint density at radius 1 is 1.04 bits per heavy atom. The highest BCUT2D eigenvalue weighted by molar-refractivity contribution is 5.95. The zero-order valence-electron chi connectivity index (χ0n) is 13.8. The Morgan fingerprint density at radius 2 is 1.75 bits per heavy atom. The van der Waals surface area contributed by atoms with Gasteiger partial charge < -0.3 is 21.1 Å². The largest absolute Gasteiger partial charge is 0.368 e. The van der Waals surface area contributed by atoms with Crippen molar-refractivity contribution < 1.29 is 14.3 Å². The molecule has 1 heterocycles. The molecule has 1 aromatic rings. The van der Waals surface area contributed by atoms with E-state index in [4.69, 9.17) is 10.5 Å². The number of amides is 2. The molecule has 2 aliphatic rings. The average Bonchev–Trinajstić information content (AvgIpc) is 3.22. The van der Waals surface area contributed by atoms with E-state index in [1.54, 1.807) is 24.3 Å². The van der Waals surface area contributed by atoms with Crippen LogP contribution in [0, 0.1) is 5.92 Å². The van der Waals surface area contributed by atoms with Crippen molar-refractivity contribution in [2.75, 3.05) is 17.2 Å². The zero-order valence-corrected chi connectivity index (χ0v) is 13.8. The molecule has 1 unspecified atom stereocenters. The quantitative estimate of drug-likeness (QED) is 0.771. The summed E-state index contributed by atoms with van der Waals surface area (Å²) in [5.74, 6) is 0.169. The molecule has 0 bridgehead atoms. The standard InChI is InChI=1S/C18H25N3O3/c19-15-4-1-3-12(15)11-17(22)20-13-6-8-14(9-7-13)21-18(23)16-5-2-10-24-16/h6-9,12,15-16H,1-5,10-11,19H2,(H,20,22)(H,21,23)/t12-,15+,16?/m0/s1. The summed E-state index contributed by atoms with van der Waals surface area (Å²) in [5.41, 5.74) is 7.43. The molecular weight excluding hydrogens is 306 g/mol. The lowest BCUT2D eigenvalue weighted by molar-refractivity contribution is -0.124. The number of anilines is 2. The molecule has 130 valence electrons. The van der Waals surface area contributed by atoms with Gasteiger partial charge in [0.2, 0.25) is 5.91 Å². The SMILES string of the molecule is N[C@@H]1CCC[C@H]1CC(=O)Nc1ccc(NC(=O)C2CCCO2)cc1. The van der Waals surface area contributed by atoms with Crippen LogP contribution in [-0.2, 0) is 14.3 Å². The van der Waals surface area contributed by atoms with Gasteiger partial charge in [-0.3, -0.25) is 9.59 Å². The number of ether oxygens (including phenoxy) is 1. The fourth-order valence-electron chi connectivity index (χ4n) is 3.41. The van der Waals surface area contributed by atoms with Crippen molar-refractivity contribution in [3.63, 3.8) is 0 Å². The van der Waals surface area contributed by atoms with Gasteiger partial charge in [0.05, 0.1) is 0 Å². The summed E-state index contributed by atoms with van der Waals surface area (Å²) >= 11 is 0. The third-order valence-corrected chi connectivity index (χ3v) is 4.82. The van der Waals surface area contributed by atoms with Crippen LogP contribution in [0.1, 0.15) is 38.5 Å². The third kappa shape index (κ3) is 4.33. The molecule has 1 saturated heterocycles. The Kier molecular flexibility index (Phi) is 5.48. The predicted octanol–water partition coefficient (Wildman–Crippen LogP) is 2.26. The average molecular weight is 331 g/mol. The van der Waals surface area contributed by atoms with Crippen molar-refractivity contribution >= 4 is 23.2 Å². The van der Waals surface area contributed by atoms with Crippen LogP contribution in [0.15, 0.2) is 24.3 Å². The molecule has 4 N–H and O–H groups in total. The fraction of sp³-hybridized carbons (Fsp3) is 0.556. The van der Waals surface area contributed by atoms with Gasteiger partial charge in [0, 0.05) is 30.4 Å². The highest BCUT2D eigenvalue weighted by Crippen LogP contribution is 2.27. The molecule has 24 heavy (non-hydrogen) atoms. The summed E-state index contributed by atoms with van der Waals surface area (Å²) in [6.45, 7) is 0.647. The van der Waals surface area contributed by atoms with Gasteiger partial charge in [-0.2, -0.15) is 0 Å². The molecule has 1 saturated carbocycles. The van der Waals surface area contributed by atoms with Gasteiger partial charge >= 0.3 is 0 Å². The predicted molar refractivity (Wildman–Crippen MR) is 92.6 cm³/mol. The van der Waals surface area contributed by atoms with Crippen LogP contribution < -0.4 is 16.4 Å². The summed E-state index contributed by atoms with van der Waals surface area (Å²) in [7, 11) is 0. The highest BCUT2D eigenvalue weighted by atomic mass is 16.5. The maximum absolute atomic E-state index is 12.1. The minimum absolute atomic E-state index is 0.00603. The highest BCUT2D eigenvalue weighted by Gasteiger charge is 2.26. The first-order valence-electron chi connectivity index (χ1n) is 8.70. The topological polar surface area (TPSA) is 93.5 Å². The molecule has 0 spiro atoms. The number of benzene rings is 1. The number of nitrogens with one attached hydrogen (secondary N) is 2. The van der Waals surface area contributed by atoms with Crippen molar-refractivity contribution in [1.82, 2.24) is 0 Å². The maximum Gasteiger partial charge on any atom is 0.253 e. The lowest BCUT2D eigenvalue weighted by Crippen LogP contribution is -2.28. The van der Waals surface area contributed by atoms with Crippen LogP contribution in [0.2, 0.25) is 0 Å². The normalized spacial score (nSPS) is 26.3. The lowest BCUT2D eigenvalue weighted by Gasteiger charge is -2.15. The van der Waals surface area contributed by atoms with Gasteiger partial charge in [-0.1, -0.05) is 6.42 Å². The molecule has 3 rings (SSSR count). The Morgan fingerprint density at radius 3 is 2.33 bits per heavy atom. The van der Waals surface area contributed by atoms with Crippen molar-refractivity contribution in [2.24, 2.45) is 11.7 Å². The van der Waals surface area contributed by atoms with Crippen LogP contribution in [-0.4, -0.2) is 30.6 Å². The van der Waals surface area contributed by atoms with E-state index in [0.29, 0.717) is 18.7 Å². The first kappa shape index (κ1) is 16.9. The number of hydrogen-bond acceptors (Lipinski definition) is 4. The molecule has 1 aliphatic heterocycles. The minimum Gasteiger partial charge on any atom is -0.368 e. The Labute approximate surface area is 142 Å². The number of carbonyl (C=O) groups is 2. The minimum atomic E-state index is -0.347. The van der Waals surface area contributed by atoms with Crippen molar-refractivity contribution in [3.8, 4) is 0 Å². The van der Waals surface area contributed by atoms with Gasteiger partial charge in [-0.05, 0) is 55.9 Å². The van der Waals surface area contributed by atoms with Gasteiger partial charge in [0.1, 0.15) is 6.10 Å². The number of nitrogens with two attached hydrogens (primary N) is 1. The third-order valence-electron chi connectivity index (χ3n) is 4.82. The molecule has 0 radical (unpaired) electrons. The molecule has 1 aliphatic carbocycles. The Balaban J connectivity index is 1.48. The second-order valence-electron chi connectivity index (χ2n) is 6.68. The zero-order chi connectivity index (χ0) is 16.9. The molecule has 2 amide bonds. The van der Waals surface area contributed by atoms with Crippen LogP contribution in [0.5, 0.6) is 0 Å². The summed E-state index contributed by atoms with van der Waals surface area (Å²) in [6, 6.07) is 7.29. The fourth-order valence-corrected chi connectivity index (χ4v) is 3.41. The van der Waals surface area contributed by atoms with Crippen molar-refractivity contribution in [3.05, 3.63) is 24.3 Å². The summed E-state index contributed by atoms with van der Waals surface area (Å²) in [6.07, 6.45) is 4.97. The molecule has 3 atom stereocenters. The lowest BCUT2D eigenvalue weighted by atomic mass is 10.00. The van der Waals surface area contributed by atoms with Crippen LogP contribution in [0.25, 0.3) is 0 Å². The number of carbonyl (C=O) groups excluding carboxylic acids is 2.